The number of thiocarbonyl (C=S) groups is 1. The molecule has 1 aliphatic rings. The summed E-state index contributed by atoms with van der Waals surface area (Å²) in [6.45, 7) is 7.45. The number of hydrogen-bond donors (Lipinski definition) is 2. The van der Waals surface area contributed by atoms with Crippen LogP contribution in [-0.2, 0) is 0 Å². The van der Waals surface area contributed by atoms with Gasteiger partial charge in [-0.2, -0.15) is 0 Å². The fourth-order valence-electron chi connectivity index (χ4n) is 1.78. The maximum atomic E-state index is 5.14. The molecule has 1 fully saturated rings. The van der Waals surface area contributed by atoms with Crippen LogP contribution in [0.3, 0.4) is 0 Å². The molecule has 0 bridgehead atoms. The number of nitrogens with one attached hydrogen (secondary N) is 2. The second-order valence-corrected chi connectivity index (χ2v) is 4.22. The molecule has 0 aromatic heterocycles. The van der Waals surface area contributed by atoms with Crippen LogP contribution in [0.1, 0.15) is 13.8 Å². The highest BCUT2D eigenvalue weighted by Crippen LogP contribution is 2.13. The molecule has 13 heavy (non-hydrogen) atoms. The van der Waals surface area contributed by atoms with E-state index in [2.05, 4.69) is 36.4 Å². The number of likely N-dealkylation sites (tertiary alicyclic amines) is 1. The van der Waals surface area contributed by atoms with Gasteiger partial charge in [-0.15, -0.1) is 0 Å². The largest absolute Gasteiger partial charge is 0.363 e. The van der Waals surface area contributed by atoms with Crippen molar-refractivity contribution in [2.45, 2.75) is 19.9 Å². The zero-order chi connectivity index (χ0) is 9.84. The maximum Gasteiger partial charge on any atom is 0.166 e. The third-order valence-corrected chi connectivity index (χ3v) is 2.71. The Balaban J connectivity index is 2.32. The summed E-state index contributed by atoms with van der Waals surface area (Å²) in [5.41, 5.74) is 0. The van der Waals surface area contributed by atoms with E-state index in [1.165, 1.54) is 0 Å². The molecule has 1 rings (SSSR count). The van der Waals surface area contributed by atoms with Crippen LogP contribution in [-0.4, -0.2) is 42.7 Å². The zero-order valence-electron chi connectivity index (χ0n) is 8.63. The summed E-state index contributed by atoms with van der Waals surface area (Å²) < 4.78 is 0. The van der Waals surface area contributed by atoms with E-state index in [1.807, 2.05) is 0 Å². The van der Waals surface area contributed by atoms with Crippen molar-refractivity contribution in [1.29, 1.82) is 0 Å². The molecule has 1 heterocycles. The summed E-state index contributed by atoms with van der Waals surface area (Å²) in [5, 5.41) is 7.23. The fraction of sp³-hybridized carbons (Fsp3) is 0.889. The standard InChI is InChI=1S/C9H19N3S/c1-4-10-9(13)11-8-6-12(3)5-7(8)2/h7-8H,4-6H2,1-3H3,(H2,10,11,13). The molecule has 0 spiro atoms. The molecule has 2 N–H and O–H groups in total. The van der Waals surface area contributed by atoms with Gasteiger partial charge in [0.25, 0.3) is 0 Å². The van der Waals surface area contributed by atoms with Gasteiger partial charge in [0.15, 0.2) is 5.11 Å². The van der Waals surface area contributed by atoms with E-state index in [0.717, 1.165) is 24.7 Å². The molecule has 76 valence electrons. The Morgan fingerprint density at radius 2 is 2.23 bits per heavy atom. The average molecular weight is 201 g/mol. The highest BCUT2D eigenvalue weighted by atomic mass is 32.1. The van der Waals surface area contributed by atoms with E-state index in [1.54, 1.807) is 0 Å². The van der Waals surface area contributed by atoms with Gasteiger partial charge in [-0.3, -0.25) is 0 Å². The van der Waals surface area contributed by atoms with Gasteiger partial charge in [0.1, 0.15) is 0 Å². The highest BCUT2D eigenvalue weighted by molar-refractivity contribution is 7.80. The normalized spacial score (nSPS) is 28.8. The Morgan fingerprint density at radius 3 is 2.69 bits per heavy atom. The molecule has 4 heteroatoms. The predicted octanol–water partition coefficient (Wildman–Crippen LogP) is 0.420. The minimum absolute atomic E-state index is 0.511. The van der Waals surface area contributed by atoms with Crippen LogP contribution in [0.25, 0.3) is 0 Å². The number of hydrogen-bond acceptors (Lipinski definition) is 2. The quantitative estimate of drug-likeness (QED) is 0.633. The van der Waals surface area contributed by atoms with Crippen LogP contribution in [0.5, 0.6) is 0 Å². The molecule has 0 radical (unpaired) electrons. The second kappa shape index (κ2) is 4.77. The van der Waals surface area contributed by atoms with Crippen molar-refractivity contribution in [1.82, 2.24) is 15.5 Å². The number of nitrogens with zero attached hydrogens (tertiary/aromatic N) is 1. The first kappa shape index (κ1) is 10.7. The van der Waals surface area contributed by atoms with Crippen molar-refractivity contribution in [2.24, 2.45) is 5.92 Å². The number of likely N-dealkylation sites (N-methyl/N-ethyl adjacent to an activating group) is 1. The monoisotopic (exact) mass is 201 g/mol. The van der Waals surface area contributed by atoms with Gasteiger partial charge >= 0.3 is 0 Å². The van der Waals surface area contributed by atoms with Gasteiger partial charge in [-0.05, 0) is 32.1 Å². The van der Waals surface area contributed by atoms with Crippen molar-refractivity contribution in [3.8, 4) is 0 Å². The average Bonchev–Trinajstić information content (AvgIpc) is 2.30. The van der Waals surface area contributed by atoms with Gasteiger partial charge < -0.3 is 15.5 Å². The van der Waals surface area contributed by atoms with Crippen molar-refractivity contribution in [3.05, 3.63) is 0 Å². The molecule has 3 nitrogen and oxygen atoms in total. The molecular weight excluding hydrogens is 182 g/mol. The topological polar surface area (TPSA) is 27.3 Å². The third-order valence-electron chi connectivity index (χ3n) is 2.45. The lowest BCUT2D eigenvalue weighted by molar-refractivity contribution is 0.400. The third kappa shape index (κ3) is 3.12. The van der Waals surface area contributed by atoms with E-state index in [9.17, 15) is 0 Å². The second-order valence-electron chi connectivity index (χ2n) is 3.81. The Bertz CT molecular complexity index is 184. The molecule has 0 saturated carbocycles. The van der Waals surface area contributed by atoms with Crippen LogP contribution in [0, 0.1) is 5.92 Å². The van der Waals surface area contributed by atoms with Crippen LogP contribution >= 0.6 is 12.2 Å². The minimum Gasteiger partial charge on any atom is -0.363 e. The molecule has 0 aromatic carbocycles. The fourth-order valence-corrected chi connectivity index (χ4v) is 2.07. The van der Waals surface area contributed by atoms with Gasteiger partial charge in [0, 0.05) is 25.7 Å². The zero-order valence-corrected chi connectivity index (χ0v) is 9.45. The predicted molar refractivity (Wildman–Crippen MR) is 59.9 cm³/mol. The Labute approximate surface area is 85.9 Å². The smallest absolute Gasteiger partial charge is 0.166 e. The molecule has 1 aliphatic heterocycles. The van der Waals surface area contributed by atoms with Gasteiger partial charge in [0.2, 0.25) is 0 Å². The maximum absolute atomic E-state index is 5.14. The molecule has 0 aromatic rings. The highest BCUT2D eigenvalue weighted by Gasteiger charge is 2.27. The van der Waals surface area contributed by atoms with E-state index in [-0.39, 0.29) is 0 Å². The minimum atomic E-state index is 0.511. The molecular formula is C9H19N3S. The molecule has 2 atom stereocenters. The van der Waals surface area contributed by atoms with Crippen molar-refractivity contribution < 1.29 is 0 Å². The first-order valence-corrected chi connectivity index (χ1v) is 5.27. The Hall–Kier alpha value is -0.350. The summed E-state index contributed by atoms with van der Waals surface area (Å²) in [6, 6.07) is 0.511. The molecule has 2 unspecified atom stereocenters. The van der Waals surface area contributed by atoms with Crippen molar-refractivity contribution in [3.63, 3.8) is 0 Å². The van der Waals surface area contributed by atoms with Crippen LogP contribution in [0.4, 0.5) is 0 Å². The van der Waals surface area contributed by atoms with Crippen molar-refractivity contribution >= 4 is 17.3 Å². The van der Waals surface area contributed by atoms with Crippen LogP contribution in [0.2, 0.25) is 0 Å². The van der Waals surface area contributed by atoms with E-state index in [0.29, 0.717) is 12.0 Å². The van der Waals surface area contributed by atoms with Crippen LogP contribution < -0.4 is 10.6 Å². The molecule has 0 aliphatic carbocycles. The summed E-state index contributed by atoms with van der Waals surface area (Å²) in [6.07, 6.45) is 0. The molecule has 1 saturated heterocycles. The molecule has 0 amide bonds. The Morgan fingerprint density at radius 1 is 1.54 bits per heavy atom. The lowest BCUT2D eigenvalue weighted by Gasteiger charge is -2.18. The summed E-state index contributed by atoms with van der Waals surface area (Å²) >= 11 is 5.14. The van der Waals surface area contributed by atoms with Crippen molar-refractivity contribution in [2.75, 3.05) is 26.7 Å². The number of rotatable bonds is 2. The van der Waals surface area contributed by atoms with Gasteiger partial charge in [-0.1, -0.05) is 6.92 Å². The summed E-state index contributed by atoms with van der Waals surface area (Å²) in [5.74, 6) is 0.682. The first-order chi connectivity index (χ1) is 6.13. The van der Waals surface area contributed by atoms with E-state index < -0.39 is 0 Å². The lowest BCUT2D eigenvalue weighted by atomic mass is 10.1. The van der Waals surface area contributed by atoms with Gasteiger partial charge in [-0.25, -0.2) is 0 Å². The Kier molecular flexibility index (Phi) is 3.93. The van der Waals surface area contributed by atoms with Crippen LogP contribution in [0.15, 0.2) is 0 Å². The SMILES string of the molecule is CCNC(=S)NC1CN(C)CC1C. The summed E-state index contributed by atoms with van der Waals surface area (Å²) in [4.78, 5) is 2.33. The van der Waals surface area contributed by atoms with E-state index >= 15 is 0 Å². The summed E-state index contributed by atoms with van der Waals surface area (Å²) in [7, 11) is 2.15. The van der Waals surface area contributed by atoms with Gasteiger partial charge in [0.05, 0.1) is 0 Å². The lowest BCUT2D eigenvalue weighted by Crippen LogP contribution is -2.45. The first-order valence-electron chi connectivity index (χ1n) is 4.86. The van der Waals surface area contributed by atoms with E-state index in [4.69, 9.17) is 12.2 Å².